The average Bonchev–Trinajstić information content (AvgIpc) is 2.25. The van der Waals surface area contributed by atoms with Gasteiger partial charge in [-0.25, -0.2) is 0 Å². The first kappa shape index (κ1) is 10.1. The molecule has 0 radical (unpaired) electrons. The Labute approximate surface area is 85.3 Å². The van der Waals surface area contributed by atoms with Gasteiger partial charge in [0, 0.05) is 5.56 Å². The largest absolute Gasteiger partial charge is 0.125 e. The summed E-state index contributed by atoms with van der Waals surface area (Å²) < 4.78 is 0. The van der Waals surface area contributed by atoms with E-state index in [2.05, 4.69) is 17.6 Å². The summed E-state index contributed by atoms with van der Waals surface area (Å²) in [5.41, 5.74) is 3.98. The lowest BCUT2D eigenvalue weighted by Crippen LogP contribution is -1.68. The van der Waals surface area contributed by atoms with E-state index >= 15 is 0 Å². The average molecular weight is 180 g/mol. The van der Waals surface area contributed by atoms with E-state index in [1.54, 1.807) is 0 Å². The molecule has 0 nitrogen and oxygen atoms in total. The Balaban J connectivity index is 2.57. The third-order valence-corrected chi connectivity index (χ3v) is 1.53. The van der Waals surface area contributed by atoms with Crippen molar-refractivity contribution in [1.82, 2.24) is 0 Å². The second-order valence-electron chi connectivity index (χ2n) is 2.62. The van der Waals surface area contributed by atoms with Gasteiger partial charge < -0.3 is 0 Å². The Morgan fingerprint density at radius 3 is 2.64 bits per heavy atom. The van der Waals surface area contributed by atoms with Crippen LogP contribution in [0.5, 0.6) is 0 Å². The maximum absolute atomic E-state index is 3.03. The number of rotatable bonds is 1. The molecule has 0 aliphatic heterocycles. The van der Waals surface area contributed by atoms with Crippen molar-refractivity contribution in [3.05, 3.63) is 65.9 Å². The fourth-order valence-electron chi connectivity index (χ4n) is 0.894. The molecule has 0 atom stereocenters. The number of hydrogen-bond acceptors (Lipinski definition) is 0. The minimum absolute atomic E-state index is 1.03. The lowest BCUT2D eigenvalue weighted by molar-refractivity contribution is 1.65. The molecule has 0 N–H and O–H groups in total. The van der Waals surface area contributed by atoms with Gasteiger partial charge in [0.1, 0.15) is 0 Å². The monoisotopic (exact) mass is 180 g/mol. The topological polar surface area (TPSA) is 0 Å². The van der Waals surface area contributed by atoms with Crippen LogP contribution in [0.2, 0.25) is 0 Å². The summed E-state index contributed by atoms with van der Waals surface area (Å²) in [5, 5.41) is 0. The van der Waals surface area contributed by atoms with E-state index < -0.39 is 0 Å². The molecule has 1 aromatic carbocycles. The number of allylic oxidation sites excluding steroid dienone is 3. The zero-order chi connectivity index (χ0) is 10.1. The van der Waals surface area contributed by atoms with Crippen LogP contribution in [0.15, 0.2) is 60.4 Å². The van der Waals surface area contributed by atoms with Gasteiger partial charge in [-0.3, -0.25) is 0 Å². The first-order chi connectivity index (χ1) is 6.93. The molecular formula is C14H12. The van der Waals surface area contributed by atoms with Crippen molar-refractivity contribution in [1.29, 1.82) is 0 Å². The molecule has 0 bridgehead atoms. The maximum atomic E-state index is 3.03. The Morgan fingerprint density at radius 1 is 1.14 bits per heavy atom. The molecule has 0 aliphatic carbocycles. The van der Waals surface area contributed by atoms with Crippen LogP contribution < -0.4 is 0 Å². The summed E-state index contributed by atoms with van der Waals surface area (Å²) in [6, 6.07) is 9.92. The van der Waals surface area contributed by atoms with E-state index in [4.69, 9.17) is 0 Å². The van der Waals surface area contributed by atoms with Crippen molar-refractivity contribution in [2.75, 3.05) is 0 Å². The third kappa shape index (κ3) is 4.16. The Bertz CT molecular complexity index is 404. The van der Waals surface area contributed by atoms with Gasteiger partial charge in [0.05, 0.1) is 0 Å². The Hall–Kier alpha value is -1.96. The van der Waals surface area contributed by atoms with Gasteiger partial charge in [0.25, 0.3) is 0 Å². The number of benzene rings is 1. The third-order valence-electron chi connectivity index (χ3n) is 1.53. The quantitative estimate of drug-likeness (QED) is 0.353. The maximum Gasteiger partial charge on any atom is 0.0248 e. The second kappa shape index (κ2) is 6.54. The zero-order valence-electron chi connectivity index (χ0n) is 8.20. The van der Waals surface area contributed by atoms with Crippen molar-refractivity contribution >= 4 is 0 Å². The zero-order valence-corrected chi connectivity index (χ0v) is 8.20. The summed E-state index contributed by atoms with van der Waals surface area (Å²) in [6.07, 6.45) is 7.37. The van der Waals surface area contributed by atoms with Crippen LogP contribution in [0.3, 0.4) is 0 Å². The molecule has 0 amide bonds. The van der Waals surface area contributed by atoms with Crippen LogP contribution in [-0.2, 0) is 0 Å². The molecule has 0 saturated carbocycles. The molecule has 0 heterocycles. The fraction of sp³-hybridized carbons (Fsp3) is 0.0714. The van der Waals surface area contributed by atoms with E-state index in [1.165, 1.54) is 0 Å². The second-order valence-corrected chi connectivity index (χ2v) is 2.62. The number of hydrogen-bond donors (Lipinski definition) is 0. The van der Waals surface area contributed by atoms with Gasteiger partial charge in [0.2, 0.25) is 0 Å². The Kier molecular flexibility index (Phi) is 4.73. The predicted octanol–water partition coefficient (Wildman–Crippen LogP) is 3.33. The highest BCUT2D eigenvalue weighted by Gasteiger charge is 1.78. The van der Waals surface area contributed by atoms with Gasteiger partial charge in [-0.2, -0.15) is 0 Å². The first-order valence-corrected chi connectivity index (χ1v) is 4.52. The normalized spacial score (nSPS) is 8.64. The molecule has 0 saturated heterocycles. The smallest absolute Gasteiger partial charge is 0.0248 e. The molecular weight excluding hydrogens is 168 g/mol. The van der Waals surface area contributed by atoms with Gasteiger partial charge in [-0.1, -0.05) is 30.0 Å². The van der Waals surface area contributed by atoms with Gasteiger partial charge in [-0.05, 0) is 43.4 Å². The standard InChI is InChI=1S/C14H12/c1-2-3-4-5-6-8-11-14-12-9-7-10-13-14/h2,4-7,9-10,12-13H,1H3/b6-5+. The van der Waals surface area contributed by atoms with Crippen LogP contribution in [-0.4, -0.2) is 0 Å². The van der Waals surface area contributed by atoms with Crippen molar-refractivity contribution in [2.24, 2.45) is 0 Å². The SMILES string of the molecule is CC=C=C/C=C/C#Cc1ccccc1. The highest BCUT2D eigenvalue weighted by Crippen LogP contribution is 1.94. The minimum atomic E-state index is 1.03. The molecule has 0 spiro atoms. The van der Waals surface area contributed by atoms with Crippen LogP contribution >= 0.6 is 0 Å². The van der Waals surface area contributed by atoms with E-state index in [9.17, 15) is 0 Å². The molecule has 0 aliphatic rings. The van der Waals surface area contributed by atoms with Crippen LogP contribution in [0.25, 0.3) is 0 Å². The minimum Gasteiger partial charge on any atom is -0.125 e. The van der Waals surface area contributed by atoms with Gasteiger partial charge in [0.15, 0.2) is 0 Å². The highest BCUT2D eigenvalue weighted by molar-refractivity contribution is 5.36. The van der Waals surface area contributed by atoms with Crippen LogP contribution in [0.1, 0.15) is 12.5 Å². The fourth-order valence-corrected chi connectivity index (χ4v) is 0.894. The van der Waals surface area contributed by atoms with Gasteiger partial charge in [-0.15, -0.1) is 5.73 Å². The summed E-state index contributed by atoms with van der Waals surface area (Å²) >= 11 is 0. The summed E-state index contributed by atoms with van der Waals surface area (Å²) in [6.45, 7) is 1.93. The van der Waals surface area contributed by atoms with Crippen LogP contribution in [0, 0.1) is 11.8 Å². The van der Waals surface area contributed by atoms with E-state index in [-0.39, 0.29) is 0 Å². The van der Waals surface area contributed by atoms with Crippen LogP contribution in [0.4, 0.5) is 0 Å². The van der Waals surface area contributed by atoms with E-state index in [0.29, 0.717) is 0 Å². The molecule has 0 heteroatoms. The molecule has 1 rings (SSSR count). The summed E-state index contributed by atoms with van der Waals surface area (Å²) in [7, 11) is 0. The molecule has 68 valence electrons. The van der Waals surface area contributed by atoms with Crippen molar-refractivity contribution in [3.63, 3.8) is 0 Å². The van der Waals surface area contributed by atoms with E-state index in [1.807, 2.05) is 61.6 Å². The first-order valence-electron chi connectivity index (χ1n) is 4.52. The predicted molar refractivity (Wildman–Crippen MR) is 60.8 cm³/mol. The van der Waals surface area contributed by atoms with E-state index in [0.717, 1.165) is 5.56 Å². The van der Waals surface area contributed by atoms with Crippen molar-refractivity contribution in [3.8, 4) is 11.8 Å². The molecule has 0 unspecified atom stereocenters. The van der Waals surface area contributed by atoms with Crippen molar-refractivity contribution < 1.29 is 0 Å². The molecule has 0 aromatic heterocycles. The molecule has 1 aromatic rings. The summed E-state index contributed by atoms with van der Waals surface area (Å²) in [5.74, 6) is 5.97. The highest BCUT2D eigenvalue weighted by atomic mass is 13.8. The lowest BCUT2D eigenvalue weighted by Gasteiger charge is -1.83. The van der Waals surface area contributed by atoms with Gasteiger partial charge >= 0.3 is 0 Å². The molecule has 0 fully saturated rings. The lowest BCUT2D eigenvalue weighted by atomic mass is 10.2. The Morgan fingerprint density at radius 2 is 1.93 bits per heavy atom. The summed E-state index contributed by atoms with van der Waals surface area (Å²) in [4.78, 5) is 0. The van der Waals surface area contributed by atoms with Crippen molar-refractivity contribution in [2.45, 2.75) is 6.92 Å². The molecule has 14 heavy (non-hydrogen) atoms.